The molecule has 2 aromatic carbocycles. The van der Waals surface area contributed by atoms with Crippen molar-refractivity contribution in [2.45, 2.75) is 32.1 Å². The molecular weight excluding hydrogens is 425 g/mol. The van der Waals surface area contributed by atoms with E-state index in [0.29, 0.717) is 30.8 Å². The number of carbonyl (C=O) groups is 1. The summed E-state index contributed by atoms with van der Waals surface area (Å²) in [5.74, 6) is -0.210. The summed E-state index contributed by atoms with van der Waals surface area (Å²) in [6.07, 6.45) is 4.32. The molecule has 0 aliphatic carbocycles. The van der Waals surface area contributed by atoms with Crippen molar-refractivity contribution in [3.05, 3.63) is 83.6 Å². The highest BCUT2D eigenvalue weighted by Crippen LogP contribution is 2.36. The molecule has 170 valence electrons. The van der Waals surface area contributed by atoms with Crippen LogP contribution in [0.15, 0.2) is 61.0 Å². The number of halogens is 1. The third-order valence-corrected chi connectivity index (χ3v) is 5.90. The molecule has 2 aliphatic heterocycles. The highest BCUT2D eigenvalue weighted by atomic mass is 19.1. The average molecular weight is 449 g/mol. The van der Waals surface area contributed by atoms with E-state index in [0.717, 1.165) is 16.7 Å². The molecule has 3 aromatic rings. The maximum Gasteiger partial charge on any atom is 0.250 e. The maximum absolute atomic E-state index is 13.4. The van der Waals surface area contributed by atoms with Crippen LogP contribution in [0.1, 0.15) is 36.4 Å². The normalized spacial score (nSPS) is 20.2. The highest BCUT2D eigenvalue weighted by molar-refractivity contribution is 5.80. The lowest BCUT2D eigenvalue weighted by Crippen LogP contribution is -2.31. The molecule has 2 aliphatic rings. The smallest absolute Gasteiger partial charge is 0.250 e. The minimum atomic E-state index is -0.587. The molecule has 33 heavy (non-hydrogen) atoms. The van der Waals surface area contributed by atoms with E-state index in [1.807, 2.05) is 25.3 Å². The summed E-state index contributed by atoms with van der Waals surface area (Å²) in [7, 11) is 0. The van der Waals surface area contributed by atoms with E-state index in [1.165, 1.54) is 12.1 Å². The minimum absolute atomic E-state index is 0.00658. The van der Waals surface area contributed by atoms with Crippen LogP contribution in [0.3, 0.4) is 0 Å². The number of hydrogen-bond donors (Lipinski definition) is 1. The molecule has 1 unspecified atom stereocenters. The van der Waals surface area contributed by atoms with Crippen molar-refractivity contribution >= 4 is 11.5 Å². The van der Waals surface area contributed by atoms with Gasteiger partial charge in [0.25, 0.3) is 5.91 Å². The van der Waals surface area contributed by atoms with Gasteiger partial charge in [0.2, 0.25) is 0 Å². The van der Waals surface area contributed by atoms with Crippen molar-refractivity contribution < 1.29 is 23.8 Å². The quantitative estimate of drug-likeness (QED) is 0.616. The van der Waals surface area contributed by atoms with Crippen LogP contribution in [-0.4, -0.2) is 44.9 Å². The number of rotatable bonds is 6. The molecule has 1 amide bonds. The zero-order valence-electron chi connectivity index (χ0n) is 18.1. The highest BCUT2D eigenvalue weighted by Gasteiger charge is 2.37. The number of phenols is 1. The van der Waals surface area contributed by atoms with Crippen molar-refractivity contribution in [2.24, 2.45) is 0 Å². The summed E-state index contributed by atoms with van der Waals surface area (Å²) < 4.78 is 26.7. The molecule has 1 saturated heterocycles. The largest absolute Gasteiger partial charge is 0.508 e. The number of aromatic nitrogens is 2. The Bertz CT molecular complexity index is 1190. The molecule has 7 nitrogen and oxygen atoms in total. The predicted octanol–water partition coefficient (Wildman–Crippen LogP) is 3.97. The first-order valence-electron chi connectivity index (χ1n) is 10.9. The number of nitrogens with zero attached hydrogens (tertiary/aromatic N) is 3. The van der Waals surface area contributed by atoms with E-state index in [9.17, 15) is 14.3 Å². The summed E-state index contributed by atoms with van der Waals surface area (Å²) in [6, 6.07) is 13.0. The molecule has 1 fully saturated rings. The van der Waals surface area contributed by atoms with Crippen molar-refractivity contribution in [1.82, 2.24) is 14.7 Å². The molecule has 5 rings (SSSR count). The summed E-state index contributed by atoms with van der Waals surface area (Å²) in [4.78, 5) is 14.4. The second-order valence-corrected chi connectivity index (χ2v) is 8.31. The molecule has 8 heteroatoms. The van der Waals surface area contributed by atoms with Crippen LogP contribution in [0.25, 0.3) is 11.3 Å². The van der Waals surface area contributed by atoms with Gasteiger partial charge in [0.1, 0.15) is 18.2 Å². The summed E-state index contributed by atoms with van der Waals surface area (Å²) in [6.45, 7) is 2.44. The molecule has 1 aromatic heterocycles. The second kappa shape index (κ2) is 8.71. The van der Waals surface area contributed by atoms with Crippen molar-refractivity contribution in [2.75, 3.05) is 13.2 Å². The molecule has 0 saturated carbocycles. The van der Waals surface area contributed by atoms with Gasteiger partial charge in [0.15, 0.2) is 6.23 Å². The van der Waals surface area contributed by atoms with Crippen LogP contribution in [0.4, 0.5) is 4.39 Å². The number of ether oxygens (including phenoxy) is 2. The number of phenolic OH excluding ortho intramolecular Hbond substituents is 1. The van der Waals surface area contributed by atoms with E-state index in [4.69, 9.17) is 14.6 Å². The predicted molar refractivity (Wildman–Crippen MR) is 119 cm³/mol. The number of amides is 1. The van der Waals surface area contributed by atoms with Crippen molar-refractivity contribution in [3.8, 4) is 11.4 Å². The van der Waals surface area contributed by atoms with Crippen LogP contribution < -0.4 is 0 Å². The van der Waals surface area contributed by atoms with Crippen LogP contribution in [0.5, 0.6) is 5.75 Å². The van der Waals surface area contributed by atoms with Gasteiger partial charge in [-0.3, -0.25) is 4.79 Å². The molecule has 0 spiro atoms. The lowest BCUT2D eigenvalue weighted by Gasteiger charge is -2.23. The van der Waals surface area contributed by atoms with E-state index in [-0.39, 0.29) is 30.2 Å². The Hall–Kier alpha value is -3.65. The molecule has 1 N–H and O–H groups in total. The monoisotopic (exact) mass is 449 g/mol. The Morgan fingerprint density at radius 2 is 1.91 bits per heavy atom. The van der Waals surface area contributed by atoms with Gasteiger partial charge >= 0.3 is 0 Å². The Kier molecular flexibility index (Phi) is 5.60. The Morgan fingerprint density at radius 1 is 1.15 bits per heavy atom. The summed E-state index contributed by atoms with van der Waals surface area (Å²) in [5, 5.41) is 14.3. The van der Waals surface area contributed by atoms with E-state index < -0.39 is 6.23 Å². The maximum atomic E-state index is 13.4. The molecule has 0 bridgehead atoms. The Balaban J connectivity index is 1.47. The van der Waals surface area contributed by atoms with E-state index in [1.54, 1.807) is 40.1 Å². The van der Waals surface area contributed by atoms with Gasteiger partial charge in [-0.05, 0) is 55.3 Å². The van der Waals surface area contributed by atoms with Crippen LogP contribution >= 0.6 is 0 Å². The topological polar surface area (TPSA) is 76.8 Å². The fraction of sp³-hybridized carbons (Fsp3) is 0.280. The summed E-state index contributed by atoms with van der Waals surface area (Å²) in [5.41, 5.74) is 4.11. The van der Waals surface area contributed by atoms with E-state index in [2.05, 4.69) is 0 Å². The molecule has 2 atom stereocenters. The zero-order valence-corrected chi connectivity index (χ0v) is 18.1. The van der Waals surface area contributed by atoms with Gasteiger partial charge in [-0.25, -0.2) is 9.07 Å². The standard InChI is InChI=1S/C25H24FN3O4/c1-16-12-18(14-32-16)24-22(13-29(27-24)20-6-4-19(26)5-7-20)25-28(23(31)15-33-25)11-10-17-2-8-21(30)9-3-17/h2-9,13-14,16,25,30H,10-12,15H2,1H3/t16?,25-/m1/s1. The Labute approximate surface area is 190 Å². The van der Waals surface area contributed by atoms with Crippen LogP contribution in [0, 0.1) is 5.82 Å². The number of hydrogen-bond acceptors (Lipinski definition) is 5. The molecular formula is C25H24FN3O4. The summed E-state index contributed by atoms with van der Waals surface area (Å²) >= 11 is 0. The van der Waals surface area contributed by atoms with Crippen LogP contribution in [-0.2, 0) is 20.7 Å². The van der Waals surface area contributed by atoms with Crippen molar-refractivity contribution in [1.29, 1.82) is 0 Å². The first kappa shape index (κ1) is 21.2. The second-order valence-electron chi connectivity index (χ2n) is 8.31. The average Bonchev–Trinajstić information content (AvgIpc) is 3.52. The third-order valence-electron chi connectivity index (χ3n) is 5.90. The lowest BCUT2D eigenvalue weighted by atomic mass is 10.0. The number of carbonyl (C=O) groups excluding carboxylic acids is 1. The molecule has 3 heterocycles. The van der Waals surface area contributed by atoms with Gasteiger partial charge in [0, 0.05) is 30.3 Å². The van der Waals surface area contributed by atoms with Gasteiger partial charge in [-0.15, -0.1) is 0 Å². The van der Waals surface area contributed by atoms with Crippen molar-refractivity contribution in [3.63, 3.8) is 0 Å². The SMILES string of the molecule is CC1CC(c2nn(-c3ccc(F)cc3)cc2[C@H]2OCC(=O)N2CCc2ccc(O)cc2)=CO1. The third kappa shape index (κ3) is 4.34. The van der Waals surface area contributed by atoms with Gasteiger partial charge in [-0.2, -0.15) is 5.10 Å². The number of benzene rings is 2. The first-order chi connectivity index (χ1) is 16.0. The van der Waals surface area contributed by atoms with Crippen LogP contribution in [0.2, 0.25) is 0 Å². The fourth-order valence-electron chi connectivity index (χ4n) is 4.17. The molecule has 0 radical (unpaired) electrons. The van der Waals surface area contributed by atoms with E-state index >= 15 is 0 Å². The first-order valence-corrected chi connectivity index (χ1v) is 10.9. The fourth-order valence-corrected chi connectivity index (χ4v) is 4.17. The Morgan fingerprint density at radius 3 is 2.61 bits per heavy atom. The van der Waals surface area contributed by atoms with Gasteiger partial charge in [-0.1, -0.05) is 12.1 Å². The zero-order chi connectivity index (χ0) is 22.9. The van der Waals surface area contributed by atoms with Gasteiger partial charge < -0.3 is 19.5 Å². The minimum Gasteiger partial charge on any atom is -0.508 e. The lowest BCUT2D eigenvalue weighted by molar-refractivity contribution is -0.128. The van der Waals surface area contributed by atoms with Gasteiger partial charge in [0.05, 0.1) is 23.7 Å². The number of aromatic hydroxyl groups is 1.